The molecule has 1 unspecified atom stereocenters. The molecule has 0 bridgehead atoms. The van der Waals surface area contributed by atoms with E-state index in [-0.39, 0.29) is 6.10 Å². The normalized spacial score (nSPS) is 12.2. The summed E-state index contributed by atoms with van der Waals surface area (Å²) in [7, 11) is 0. The lowest BCUT2D eigenvalue weighted by molar-refractivity contribution is 0.217. The van der Waals surface area contributed by atoms with Crippen molar-refractivity contribution in [2.24, 2.45) is 0 Å². The van der Waals surface area contributed by atoms with E-state index in [9.17, 15) is 0 Å². The van der Waals surface area contributed by atoms with E-state index in [0.717, 1.165) is 27.8 Å². The van der Waals surface area contributed by atoms with E-state index in [1.54, 1.807) is 0 Å². The van der Waals surface area contributed by atoms with Gasteiger partial charge in [-0.25, -0.2) is 0 Å². The van der Waals surface area contributed by atoms with Gasteiger partial charge in [0, 0.05) is 17.6 Å². The SMILES string of the molecule is C=CCNCC(C)Oc1ccc(Br)cc1Br. The van der Waals surface area contributed by atoms with Crippen molar-refractivity contribution < 1.29 is 4.74 Å². The number of hydrogen-bond acceptors (Lipinski definition) is 2. The van der Waals surface area contributed by atoms with Gasteiger partial charge in [0.25, 0.3) is 0 Å². The van der Waals surface area contributed by atoms with Gasteiger partial charge in [-0.15, -0.1) is 6.58 Å². The zero-order chi connectivity index (χ0) is 12.0. The van der Waals surface area contributed by atoms with E-state index >= 15 is 0 Å². The molecule has 0 aliphatic carbocycles. The first kappa shape index (κ1) is 13.7. The fourth-order valence-corrected chi connectivity index (χ4v) is 2.36. The summed E-state index contributed by atoms with van der Waals surface area (Å²) < 4.78 is 7.77. The lowest BCUT2D eigenvalue weighted by Crippen LogP contribution is -2.29. The van der Waals surface area contributed by atoms with E-state index in [1.165, 1.54) is 0 Å². The van der Waals surface area contributed by atoms with Crippen LogP contribution in [-0.2, 0) is 0 Å². The number of hydrogen-bond donors (Lipinski definition) is 1. The summed E-state index contributed by atoms with van der Waals surface area (Å²) in [5, 5.41) is 3.22. The molecule has 1 N–H and O–H groups in total. The van der Waals surface area contributed by atoms with Crippen LogP contribution in [-0.4, -0.2) is 19.2 Å². The first-order chi connectivity index (χ1) is 7.63. The Morgan fingerprint density at radius 3 is 2.88 bits per heavy atom. The van der Waals surface area contributed by atoms with Gasteiger partial charge < -0.3 is 10.1 Å². The molecular weight excluding hydrogens is 334 g/mol. The topological polar surface area (TPSA) is 21.3 Å². The molecule has 0 amide bonds. The summed E-state index contributed by atoms with van der Waals surface area (Å²) in [6.07, 6.45) is 1.96. The Bertz CT molecular complexity index is 355. The molecule has 2 nitrogen and oxygen atoms in total. The monoisotopic (exact) mass is 347 g/mol. The van der Waals surface area contributed by atoms with Crippen molar-refractivity contribution >= 4 is 31.9 Å². The molecular formula is C12H15Br2NO. The highest BCUT2D eigenvalue weighted by Gasteiger charge is 2.06. The largest absolute Gasteiger partial charge is 0.488 e. The number of rotatable bonds is 6. The summed E-state index contributed by atoms with van der Waals surface area (Å²) >= 11 is 6.87. The van der Waals surface area contributed by atoms with Crippen molar-refractivity contribution in [2.45, 2.75) is 13.0 Å². The molecule has 0 saturated heterocycles. The first-order valence-corrected chi connectivity index (χ1v) is 6.65. The fraction of sp³-hybridized carbons (Fsp3) is 0.333. The Morgan fingerprint density at radius 1 is 1.50 bits per heavy atom. The van der Waals surface area contributed by atoms with Crippen molar-refractivity contribution in [1.82, 2.24) is 5.32 Å². The molecule has 0 heterocycles. The summed E-state index contributed by atoms with van der Waals surface area (Å²) in [4.78, 5) is 0. The maximum Gasteiger partial charge on any atom is 0.134 e. The van der Waals surface area contributed by atoms with Crippen LogP contribution in [0.5, 0.6) is 5.75 Å². The molecule has 1 atom stereocenters. The van der Waals surface area contributed by atoms with E-state index in [1.807, 2.05) is 31.2 Å². The Labute approximate surface area is 113 Å². The fourth-order valence-electron chi connectivity index (χ4n) is 1.22. The highest BCUT2D eigenvalue weighted by atomic mass is 79.9. The predicted octanol–water partition coefficient (Wildman–Crippen LogP) is 3.75. The van der Waals surface area contributed by atoms with Gasteiger partial charge >= 0.3 is 0 Å². The lowest BCUT2D eigenvalue weighted by Gasteiger charge is -2.16. The van der Waals surface area contributed by atoms with E-state index < -0.39 is 0 Å². The Morgan fingerprint density at radius 2 is 2.25 bits per heavy atom. The molecule has 0 fully saturated rings. The molecule has 1 rings (SSSR count). The van der Waals surface area contributed by atoms with Gasteiger partial charge in [0.15, 0.2) is 0 Å². The Hall–Kier alpha value is -0.320. The standard InChI is InChI=1S/C12H15Br2NO/c1-3-6-15-8-9(2)16-12-5-4-10(13)7-11(12)14/h3-5,7,9,15H,1,6,8H2,2H3. The van der Waals surface area contributed by atoms with Gasteiger partial charge in [-0.3, -0.25) is 0 Å². The summed E-state index contributed by atoms with van der Waals surface area (Å²) in [5.41, 5.74) is 0. The van der Waals surface area contributed by atoms with Gasteiger partial charge in [-0.05, 0) is 41.1 Å². The van der Waals surface area contributed by atoms with Crippen molar-refractivity contribution in [3.05, 3.63) is 39.8 Å². The van der Waals surface area contributed by atoms with Crippen LogP contribution < -0.4 is 10.1 Å². The van der Waals surface area contributed by atoms with Crippen LogP contribution >= 0.6 is 31.9 Å². The molecule has 0 saturated carbocycles. The summed E-state index contributed by atoms with van der Waals surface area (Å²) in [6.45, 7) is 7.28. The molecule has 4 heteroatoms. The van der Waals surface area contributed by atoms with E-state index in [4.69, 9.17) is 4.74 Å². The Kier molecular flexibility index (Phi) is 6.09. The van der Waals surface area contributed by atoms with Crippen molar-refractivity contribution in [1.29, 1.82) is 0 Å². The highest BCUT2D eigenvalue weighted by molar-refractivity contribution is 9.11. The van der Waals surface area contributed by atoms with Crippen molar-refractivity contribution in [2.75, 3.05) is 13.1 Å². The molecule has 0 spiro atoms. The Balaban J connectivity index is 2.49. The third-order valence-corrected chi connectivity index (χ3v) is 3.06. The first-order valence-electron chi connectivity index (χ1n) is 5.07. The second-order valence-corrected chi connectivity index (χ2v) is 5.22. The van der Waals surface area contributed by atoms with E-state index in [2.05, 4.69) is 43.8 Å². The van der Waals surface area contributed by atoms with Gasteiger partial charge in [0.2, 0.25) is 0 Å². The molecule has 1 aromatic rings. The van der Waals surface area contributed by atoms with Gasteiger partial charge in [0.05, 0.1) is 4.47 Å². The van der Waals surface area contributed by atoms with E-state index in [0.29, 0.717) is 0 Å². The zero-order valence-corrected chi connectivity index (χ0v) is 12.3. The molecule has 1 aromatic carbocycles. The van der Waals surface area contributed by atoms with Crippen LogP contribution in [0.4, 0.5) is 0 Å². The molecule has 0 aliphatic rings. The van der Waals surface area contributed by atoms with Crippen LogP contribution in [0.1, 0.15) is 6.92 Å². The summed E-state index contributed by atoms with van der Waals surface area (Å²) in [6, 6.07) is 5.88. The number of halogens is 2. The number of ether oxygens (including phenoxy) is 1. The van der Waals surface area contributed by atoms with Crippen LogP contribution in [0.25, 0.3) is 0 Å². The van der Waals surface area contributed by atoms with Crippen molar-refractivity contribution in [3.63, 3.8) is 0 Å². The minimum absolute atomic E-state index is 0.123. The van der Waals surface area contributed by atoms with Gasteiger partial charge in [0.1, 0.15) is 11.9 Å². The van der Waals surface area contributed by atoms with Gasteiger partial charge in [-0.1, -0.05) is 22.0 Å². The second-order valence-electron chi connectivity index (χ2n) is 3.45. The lowest BCUT2D eigenvalue weighted by atomic mass is 10.3. The minimum Gasteiger partial charge on any atom is -0.488 e. The van der Waals surface area contributed by atoms with Crippen LogP contribution in [0.2, 0.25) is 0 Å². The highest BCUT2D eigenvalue weighted by Crippen LogP contribution is 2.28. The average Bonchev–Trinajstić information content (AvgIpc) is 2.23. The molecule has 0 aromatic heterocycles. The smallest absolute Gasteiger partial charge is 0.134 e. The predicted molar refractivity (Wildman–Crippen MR) is 75.0 cm³/mol. The molecule has 16 heavy (non-hydrogen) atoms. The quantitative estimate of drug-likeness (QED) is 0.624. The maximum absolute atomic E-state index is 5.78. The van der Waals surface area contributed by atoms with Gasteiger partial charge in [-0.2, -0.15) is 0 Å². The van der Waals surface area contributed by atoms with Crippen LogP contribution in [0.15, 0.2) is 39.8 Å². The average molecular weight is 349 g/mol. The maximum atomic E-state index is 5.78. The third-order valence-electron chi connectivity index (χ3n) is 1.94. The number of nitrogens with one attached hydrogen (secondary N) is 1. The summed E-state index contributed by atoms with van der Waals surface area (Å²) in [5.74, 6) is 0.858. The minimum atomic E-state index is 0.123. The van der Waals surface area contributed by atoms with Crippen LogP contribution in [0.3, 0.4) is 0 Å². The van der Waals surface area contributed by atoms with Crippen molar-refractivity contribution in [3.8, 4) is 5.75 Å². The third kappa shape index (κ3) is 4.68. The zero-order valence-electron chi connectivity index (χ0n) is 9.17. The molecule has 0 aliphatic heterocycles. The second kappa shape index (κ2) is 7.09. The van der Waals surface area contributed by atoms with Crippen LogP contribution in [0, 0.1) is 0 Å². The molecule has 88 valence electrons. The molecule has 0 radical (unpaired) electrons. The number of benzene rings is 1.